The maximum atomic E-state index is 5.50. The minimum absolute atomic E-state index is 0.179. The molecule has 2 aliphatic rings. The zero-order chi connectivity index (χ0) is 11.5. The Balaban J connectivity index is 0.000000531. The van der Waals surface area contributed by atoms with Gasteiger partial charge in [-0.2, -0.15) is 0 Å². The molecule has 15 heavy (non-hydrogen) atoms. The maximum absolute atomic E-state index is 5.50. The van der Waals surface area contributed by atoms with Crippen LogP contribution >= 0.6 is 0 Å². The highest BCUT2D eigenvalue weighted by Crippen LogP contribution is 2.40. The monoisotopic (exact) mass is 211 g/mol. The fourth-order valence-corrected chi connectivity index (χ4v) is 2.58. The fourth-order valence-electron chi connectivity index (χ4n) is 2.58. The lowest BCUT2D eigenvalue weighted by Crippen LogP contribution is -2.46. The van der Waals surface area contributed by atoms with Crippen LogP contribution in [0.25, 0.3) is 0 Å². The molecule has 1 spiro atoms. The van der Waals surface area contributed by atoms with Gasteiger partial charge in [0, 0.05) is 13.2 Å². The Labute approximate surface area is 94.1 Å². The second kappa shape index (κ2) is 4.67. The third-order valence-electron chi connectivity index (χ3n) is 3.09. The molecular weight excluding hydrogens is 186 g/mol. The van der Waals surface area contributed by atoms with E-state index in [4.69, 9.17) is 4.74 Å². The lowest BCUT2D eigenvalue weighted by molar-refractivity contribution is 0.174. The van der Waals surface area contributed by atoms with Crippen LogP contribution in [0.5, 0.6) is 0 Å². The van der Waals surface area contributed by atoms with Gasteiger partial charge in [-0.15, -0.1) is 0 Å². The summed E-state index contributed by atoms with van der Waals surface area (Å²) in [5, 5.41) is 3.57. The molecular formula is C13H25NO. The van der Waals surface area contributed by atoms with Crippen LogP contribution in [0.3, 0.4) is 0 Å². The van der Waals surface area contributed by atoms with Crippen LogP contribution in [0.1, 0.15) is 41.0 Å². The fraction of sp³-hybridized carbons (Fsp3) is 0.846. The molecule has 0 saturated carbocycles. The molecule has 2 heteroatoms. The third kappa shape index (κ3) is 2.43. The molecule has 88 valence electrons. The van der Waals surface area contributed by atoms with Crippen LogP contribution < -0.4 is 5.32 Å². The van der Waals surface area contributed by atoms with E-state index in [2.05, 4.69) is 32.2 Å². The van der Waals surface area contributed by atoms with Gasteiger partial charge in [-0.05, 0) is 17.4 Å². The summed E-state index contributed by atoms with van der Waals surface area (Å²) in [6.45, 7) is 13.6. The smallest absolute Gasteiger partial charge is 0.0688 e. The molecule has 0 radical (unpaired) electrons. The van der Waals surface area contributed by atoms with Crippen molar-refractivity contribution in [2.45, 2.75) is 46.6 Å². The largest absolute Gasteiger partial charge is 0.379 e. The Hall–Kier alpha value is -0.340. The molecule has 1 saturated heterocycles. The zero-order valence-corrected chi connectivity index (χ0v) is 10.8. The molecule has 0 aromatic carbocycles. The summed E-state index contributed by atoms with van der Waals surface area (Å²) >= 11 is 0. The van der Waals surface area contributed by atoms with Crippen molar-refractivity contribution in [3.63, 3.8) is 0 Å². The van der Waals surface area contributed by atoms with Crippen LogP contribution in [0, 0.1) is 5.41 Å². The van der Waals surface area contributed by atoms with Crippen molar-refractivity contribution in [2.75, 3.05) is 19.8 Å². The number of ether oxygens (including phenoxy) is 1. The molecule has 2 heterocycles. The highest BCUT2D eigenvalue weighted by molar-refractivity contribution is 5.32. The van der Waals surface area contributed by atoms with Crippen molar-refractivity contribution in [3.8, 4) is 0 Å². The second-order valence-corrected chi connectivity index (χ2v) is 5.13. The Morgan fingerprint density at radius 3 is 2.47 bits per heavy atom. The van der Waals surface area contributed by atoms with Crippen LogP contribution in [0.2, 0.25) is 0 Å². The standard InChI is InChI=1S/C11H19NO.C2H6/c1-10(2,3)9-4-6-12-11(9)5-7-13-8-11;1-2/h4,12H,5-8H2,1-3H3;1-2H3. The van der Waals surface area contributed by atoms with E-state index in [0.717, 1.165) is 26.2 Å². The summed E-state index contributed by atoms with van der Waals surface area (Å²) in [5.41, 5.74) is 1.99. The Kier molecular flexibility index (Phi) is 3.96. The van der Waals surface area contributed by atoms with E-state index in [1.54, 1.807) is 0 Å². The van der Waals surface area contributed by atoms with Crippen molar-refractivity contribution in [1.82, 2.24) is 5.32 Å². The second-order valence-electron chi connectivity index (χ2n) is 5.13. The van der Waals surface area contributed by atoms with Gasteiger partial charge in [-0.1, -0.05) is 40.7 Å². The molecule has 2 rings (SSSR count). The summed E-state index contributed by atoms with van der Waals surface area (Å²) in [6, 6.07) is 0. The molecule has 1 N–H and O–H groups in total. The molecule has 0 bridgehead atoms. The predicted octanol–water partition coefficient (Wildman–Crippen LogP) is 2.75. The first-order valence-corrected chi connectivity index (χ1v) is 6.08. The van der Waals surface area contributed by atoms with Crippen molar-refractivity contribution >= 4 is 0 Å². The molecule has 0 aliphatic carbocycles. The van der Waals surface area contributed by atoms with Crippen LogP contribution in [-0.4, -0.2) is 25.3 Å². The van der Waals surface area contributed by atoms with Crippen LogP contribution in [0.4, 0.5) is 0 Å². The van der Waals surface area contributed by atoms with Gasteiger partial charge in [0.15, 0.2) is 0 Å². The molecule has 1 atom stereocenters. The lowest BCUT2D eigenvalue weighted by atomic mass is 9.75. The van der Waals surface area contributed by atoms with E-state index < -0.39 is 0 Å². The number of nitrogens with one attached hydrogen (secondary N) is 1. The molecule has 0 amide bonds. The van der Waals surface area contributed by atoms with Crippen LogP contribution in [0.15, 0.2) is 11.6 Å². The lowest BCUT2D eigenvalue weighted by Gasteiger charge is -2.34. The topological polar surface area (TPSA) is 21.3 Å². The quantitative estimate of drug-likeness (QED) is 0.622. The number of hydrogen-bond acceptors (Lipinski definition) is 2. The van der Waals surface area contributed by atoms with E-state index >= 15 is 0 Å². The van der Waals surface area contributed by atoms with Crippen molar-refractivity contribution < 1.29 is 4.74 Å². The summed E-state index contributed by atoms with van der Waals surface area (Å²) in [5.74, 6) is 0. The van der Waals surface area contributed by atoms with E-state index in [0.29, 0.717) is 0 Å². The summed E-state index contributed by atoms with van der Waals surface area (Å²) in [4.78, 5) is 0. The molecule has 2 nitrogen and oxygen atoms in total. The highest BCUT2D eigenvalue weighted by atomic mass is 16.5. The van der Waals surface area contributed by atoms with Crippen molar-refractivity contribution in [1.29, 1.82) is 0 Å². The number of rotatable bonds is 0. The zero-order valence-electron chi connectivity index (χ0n) is 10.8. The molecule has 0 aromatic rings. The van der Waals surface area contributed by atoms with Gasteiger partial charge in [-0.3, -0.25) is 0 Å². The number of hydrogen-bond donors (Lipinski definition) is 1. The van der Waals surface area contributed by atoms with Gasteiger partial charge in [0.05, 0.1) is 12.1 Å². The van der Waals surface area contributed by atoms with E-state index in [-0.39, 0.29) is 11.0 Å². The van der Waals surface area contributed by atoms with Crippen molar-refractivity contribution in [2.24, 2.45) is 5.41 Å². The molecule has 1 unspecified atom stereocenters. The SMILES string of the molecule is CC.CC(C)(C)C1=CCNC12CCOC2. The minimum Gasteiger partial charge on any atom is -0.379 e. The predicted molar refractivity (Wildman–Crippen MR) is 65.1 cm³/mol. The average Bonchev–Trinajstić information content (AvgIpc) is 2.79. The highest BCUT2D eigenvalue weighted by Gasteiger charge is 2.44. The Bertz CT molecular complexity index is 231. The minimum atomic E-state index is 0.179. The average molecular weight is 211 g/mol. The maximum Gasteiger partial charge on any atom is 0.0688 e. The summed E-state index contributed by atoms with van der Waals surface area (Å²) < 4.78 is 5.50. The van der Waals surface area contributed by atoms with Crippen LogP contribution in [-0.2, 0) is 4.74 Å². The van der Waals surface area contributed by atoms with Gasteiger partial charge in [-0.25, -0.2) is 0 Å². The first-order valence-electron chi connectivity index (χ1n) is 6.08. The molecule has 0 aromatic heterocycles. The molecule has 2 aliphatic heterocycles. The Morgan fingerprint density at radius 2 is 2.00 bits per heavy atom. The van der Waals surface area contributed by atoms with Crippen molar-refractivity contribution in [3.05, 3.63) is 11.6 Å². The normalized spacial score (nSPS) is 30.1. The van der Waals surface area contributed by atoms with Gasteiger partial charge in [0.25, 0.3) is 0 Å². The van der Waals surface area contributed by atoms with E-state index in [1.807, 2.05) is 13.8 Å². The van der Waals surface area contributed by atoms with Gasteiger partial charge in [0.2, 0.25) is 0 Å². The Morgan fingerprint density at radius 1 is 1.33 bits per heavy atom. The van der Waals surface area contributed by atoms with E-state index in [1.165, 1.54) is 5.57 Å². The molecule has 1 fully saturated rings. The van der Waals surface area contributed by atoms with E-state index in [9.17, 15) is 0 Å². The first-order chi connectivity index (χ1) is 7.05. The van der Waals surface area contributed by atoms with Gasteiger partial charge in [0.1, 0.15) is 0 Å². The third-order valence-corrected chi connectivity index (χ3v) is 3.09. The summed E-state index contributed by atoms with van der Waals surface area (Å²) in [7, 11) is 0. The summed E-state index contributed by atoms with van der Waals surface area (Å²) in [6.07, 6.45) is 3.48. The van der Waals surface area contributed by atoms with Gasteiger partial charge < -0.3 is 10.1 Å². The van der Waals surface area contributed by atoms with Gasteiger partial charge >= 0.3 is 0 Å². The first kappa shape index (κ1) is 12.7.